The van der Waals surface area contributed by atoms with Crippen LogP contribution in [0, 0.1) is 10.1 Å². The second kappa shape index (κ2) is 1.75. The summed E-state index contributed by atoms with van der Waals surface area (Å²) in [6, 6.07) is 0. The predicted molar refractivity (Wildman–Crippen MR) is 26.5 cm³/mol. The van der Waals surface area contributed by atoms with Crippen LogP contribution in [-0.4, -0.2) is 14.7 Å². The molecule has 7 heavy (non-hydrogen) atoms. The molecule has 0 rings (SSSR count). The van der Waals surface area contributed by atoms with Crippen molar-refractivity contribution in [2.24, 2.45) is 0 Å². The third kappa shape index (κ3) is 2.52. The maximum absolute atomic E-state index is 9.53. The Morgan fingerprint density at radius 2 is 2.14 bits per heavy atom. The maximum atomic E-state index is 9.53. The molecule has 0 aliphatic heterocycles. The summed E-state index contributed by atoms with van der Waals surface area (Å²) in [7, 11) is 0. The van der Waals surface area contributed by atoms with Gasteiger partial charge in [0.2, 0.25) is 0 Å². The maximum Gasteiger partial charge on any atom is 0.375 e. The number of nitrogens with zero attached hydrogens (tertiary/aromatic N) is 1. The largest absolute Gasteiger partial charge is 0.375 e. The van der Waals surface area contributed by atoms with Crippen LogP contribution in [0.3, 0.4) is 0 Å². The van der Waals surface area contributed by atoms with E-state index < -0.39 is 9.56 Å². The van der Waals surface area contributed by atoms with Crippen LogP contribution < -0.4 is 0 Å². The molecule has 0 saturated carbocycles. The van der Waals surface area contributed by atoms with E-state index in [0.29, 0.717) is 0 Å². The monoisotopic (exact) mass is 169 g/mol. The Morgan fingerprint density at radius 1 is 2.00 bits per heavy atom. The highest BCUT2D eigenvalue weighted by Gasteiger charge is 2.28. The quantitative estimate of drug-likeness (QED) is 0.202. The highest BCUT2D eigenvalue weighted by molar-refractivity contribution is 9.09. The molecule has 1 atom stereocenters. The van der Waals surface area contributed by atoms with Gasteiger partial charge in [-0.15, -0.1) is 0 Å². The number of hydrogen-bond acceptors (Lipinski definition) is 3. The molecule has 42 valence electrons. The van der Waals surface area contributed by atoms with Crippen LogP contribution >= 0.6 is 15.9 Å². The van der Waals surface area contributed by atoms with Gasteiger partial charge in [0.15, 0.2) is 0 Å². The third-order valence-corrected chi connectivity index (χ3v) is 0.623. The Bertz CT molecular complexity index is 85.4. The van der Waals surface area contributed by atoms with Crippen LogP contribution in [0.5, 0.6) is 0 Å². The molecular formula is C2H4BrNO3. The molecule has 0 aliphatic rings. The molecule has 0 bridgehead atoms. The summed E-state index contributed by atoms with van der Waals surface area (Å²) in [5.41, 5.74) is 0. The summed E-state index contributed by atoms with van der Waals surface area (Å²) in [6.45, 7) is 1.03. The molecule has 0 aromatic heterocycles. The van der Waals surface area contributed by atoms with E-state index in [-0.39, 0.29) is 0 Å². The van der Waals surface area contributed by atoms with Crippen molar-refractivity contribution < 1.29 is 10.0 Å². The van der Waals surface area contributed by atoms with Gasteiger partial charge in [-0.3, -0.25) is 10.1 Å². The van der Waals surface area contributed by atoms with Gasteiger partial charge in [0, 0.05) is 22.9 Å². The number of hydrogen-bond donors (Lipinski definition) is 1. The van der Waals surface area contributed by atoms with Crippen molar-refractivity contribution in [3.8, 4) is 0 Å². The van der Waals surface area contributed by atoms with Gasteiger partial charge in [-0.1, -0.05) is 0 Å². The average molecular weight is 170 g/mol. The van der Waals surface area contributed by atoms with Gasteiger partial charge in [-0.05, 0) is 0 Å². The van der Waals surface area contributed by atoms with E-state index in [1.54, 1.807) is 0 Å². The van der Waals surface area contributed by atoms with Crippen molar-refractivity contribution in [1.29, 1.82) is 0 Å². The summed E-state index contributed by atoms with van der Waals surface area (Å²) >= 11 is 2.40. The zero-order valence-electron chi connectivity index (χ0n) is 3.59. The molecule has 5 heteroatoms. The molecule has 1 N–H and O–H groups in total. The molecule has 4 nitrogen and oxygen atoms in total. The van der Waals surface area contributed by atoms with Gasteiger partial charge in [0.05, 0.1) is 4.92 Å². The number of nitro groups is 1. The van der Waals surface area contributed by atoms with Crippen LogP contribution in [0.2, 0.25) is 0 Å². The lowest BCUT2D eigenvalue weighted by Crippen LogP contribution is -2.25. The van der Waals surface area contributed by atoms with Gasteiger partial charge in [0.1, 0.15) is 0 Å². The van der Waals surface area contributed by atoms with Crippen LogP contribution in [-0.2, 0) is 0 Å². The standard InChI is InChI=1S/C2H4BrNO3/c1-2(3,5)4(6)7/h5H,1H3. The third-order valence-electron chi connectivity index (χ3n) is 0.333. The molecule has 0 heterocycles. The smallest absolute Gasteiger partial charge is 0.322 e. The molecule has 0 spiro atoms. The van der Waals surface area contributed by atoms with E-state index in [4.69, 9.17) is 5.11 Å². The molecule has 0 fully saturated rings. The van der Waals surface area contributed by atoms with Crippen molar-refractivity contribution in [3.63, 3.8) is 0 Å². The highest BCUT2D eigenvalue weighted by atomic mass is 79.9. The fraction of sp³-hybridized carbons (Fsp3) is 1.00. The molecule has 1 unspecified atom stereocenters. The number of halogens is 1. The minimum Gasteiger partial charge on any atom is -0.322 e. The Labute approximate surface area is 48.4 Å². The Balaban J connectivity index is 3.79. The summed E-state index contributed by atoms with van der Waals surface area (Å²) in [6.07, 6.45) is 0. The van der Waals surface area contributed by atoms with Gasteiger partial charge in [0.25, 0.3) is 0 Å². The lowest BCUT2D eigenvalue weighted by Gasteiger charge is -2.01. The first-order valence-corrected chi connectivity index (χ1v) is 2.29. The number of rotatable bonds is 1. The van der Waals surface area contributed by atoms with E-state index in [2.05, 4.69) is 15.9 Å². The van der Waals surface area contributed by atoms with Gasteiger partial charge < -0.3 is 5.11 Å². The molecule has 0 aromatic rings. The molecule has 0 radical (unpaired) electrons. The second-order valence-electron chi connectivity index (χ2n) is 1.16. The first-order valence-electron chi connectivity index (χ1n) is 1.50. The lowest BCUT2D eigenvalue weighted by molar-refractivity contribution is -0.580. The van der Waals surface area contributed by atoms with Crippen LogP contribution in [0.15, 0.2) is 0 Å². The molecular weight excluding hydrogens is 166 g/mol. The van der Waals surface area contributed by atoms with Gasteiger partial charge >= 0.3 is 4.63 Å². The summed E-state index contributed by atoms with van der Waals surface area (Å²) in [4.78, 5) is 8.69. The molecule has 0 aliphatic carbocycles. The van der Waals surface area contributed by atoms with Crippen molar-refractivity contribution in [2.75, 3.05) is 0 Å². The lowest BCUT2D eigenvalue weighted by atomic mass is 10.7. The van der Waals surface area contributed by atoms with Crippen LogP contribution in [0.25, 0.3) is 0 Å². The highest BCUT2D eigenvalue weighted by Crippen LogP contribution is 2.10. The summed E-state index contributed by atoms with van der Waals surface area (Å²) in [5, 5.41) is 17.8. The topological polar surface area (TPSA) is 63.4 Å². The van der Waals surface area contributed by atoms with Crippen molar-refractivity contribution in [1.82, 2.24) is 0 Å². The fourth-order valence-corrected chi connectivity index (χ4v) is 0. The Kier molecular flexibility index (Phi) is 1.71. The van der Waals surface area contributed by atoms with Crippen molar-refractivity contribution >= 4 is 15.9 Å². The first-order chi connectivity index (χ1) is 2.94. The van der Waals surface area contributed by atoms with Gasteiger partial charge in [-0.25, -0.2) is 0 Å². The zero-order valence-corrected chi connectivity index (χ0v) is 5.17. The van der Waals surface area contributed by atoms with Crippen molar-refractivity contribution in [2.45, 2.75) is 11.6 Å². The summed E-state index contributed by atoms with van der Waals surface area (Å²) in [5.74, 6) is 0. The second-order valence-corrected chi connectivity index (χ2v) is 2.66. The van der Waals surface area contributed by atoms with Crippen molar-refractivity contribution in [3.05, 3.63) is 10.1 Å². The number of alkyl halides is 1. The minimum atomic E-state index is -1.97. The van der Waals surface area contributed by atoms with E-state index in [1.165, 1.54) is 0 Å². The minimum absolute atomic E-state index is 0.840. The SMILES string of the molecule is CC(O)(Br)[N+](=O)[O-]. The number of aliphatic hydroxyl groups is 1. The predicted octanol–water partition coefficient (Wildman–Crippen LogP) is 0.324. The van der Waals surface area contributed by atoms with E-state index in [9.17, 15) is 10.1 Å². The Morgan fingerprint density at radius 3 is 2.14 bits per heavy atom. The fourth-order valence-electron chi connectivity index (χ4n) is 0. The van der Waals surface area contributed by atoms with E-state index in [1.807, 2.05) is 0 Å². The first kappa shape index (κ1) is 6.84. The summed E-state index contributed by atoms with van der Waals surface area (Å²) < 4.78 is -1.97. The molecule has 0 saturated heterocycles. The van der Waals surface area contributed by atoms with Gasteiger partial charge in [-0.2, -0.15) is 0 Å². The molecule has 0 amide bonds. The zero-order chi connectivity index (χ0) is 6.08. The van der Waals surface area contributed by atoms with Crippen LogP contribution in [0.1, 0.15) is 6.92 Å². The van der Waals surface area contributed by atoms with Crippen LogP contribution in [0.4, 0.5) is 0 Å². The van der Waals surface area contributed by atoms with E-state index in [0.717, 1.165) is 6.92 Å². The molecule has 0 aromatic carbocycles. The average Bonchev–Trinajstić information content (AvgIpc) is 1.31. The van der Waals surface area contributed by atoms with E-state index >= 15 is 0 Å². The Hall–Kier alpha value is -0.160. The normalized spacial score (nSPS) is 18.1.